The first kappa shape index (κ1) is 14.2. The van der Waals surface area contributed by atoms with Gasteiger partial charge in [0.1, 0.15) is 12.0 Å². The van der Waals surface area contributed by atoms with Crippen molar-refractivity contribution in [2.45, 2.75) is 25.7 Å². The summed E-state index contributed by atoms with van der Waals surface area (Å²) in [5.41, 5.74) is 2.13. The lowest BCUT2D eigenvalue weighted by atomic mass is 9.93. The Hall–Kier alpha value is -1.83. The van der Waals surface area contributed by atoms with Crippen LogP contribution in [0.5, 0.6) is 5.75 Å². The second-order valence-corrected chi connectivity index (χ2v) is 4.37. The van der Waals surface area contributed by atoms with E-state index in [9.17, 15) is 9.90 Å². The van der Waals surface area contributed by atoms with Crippen molar-refractivity contribution in [3.8, 4) is 5.75 Å². The van der Waals surface area contributed by atoms with Crippen LogP contribution in [0.3, 0.4) is 0 Å². The minimum absolute atomic E-state index is 0.277. The fourth-order valence-electron chi connectivity index (χ4n) is 2.01. The first-order chi connectivity index (χ1) is 8.71. The lowest BCUT2D eigenvalue weighted by molar-refractivity contribution is -0.108. The van der Waals surface area contributed by atoms with Crippen molar-refractivity contribution < 1.29 is 9.90 Å². The number of aromatic hydroxyl groups is 1. The summed E-state index contributed by atoms with van der Waals surface area (Å²) < 4.78 is 0. The molecule has 0 aliphatic rings. The summed E-state index contributed by atoms with van der Waals surface area (Å²) in [6.07, 6.45) is 7.84. The highest BCUT2D eigenvalue weighted by molar-refractivity contribution is 5.54. The van der Waals surface area contributed by atoms with Crippen molar-refractivity contribution >= 4 is 12.4 Å². The van der Waals surface area contributed by atoms with Crippen LogP contribution in [0, 0.1) is 5.92 Å². The van der Waals surface area contributed by atoms with Gasteiger partial charge in [-0.25, -0.2) is 0 Å². The van der Waals surface area contributed by atoms with Gasteiger partial charge in [-0.2, -0.15) is 0 Å². The zero-order chi connectivity index (χ0) is 13.4. The van der Waals surface area contributed by atoms with E-state index < -0.39 is 0 Å². The summed E-state index contributed by atoms with van der Waals surface area (Å²) in [5.74, 6) is 0.619. The van der Waals surface area contributed by atoms with Crippen LogP contribution in [-0.2, 0) is 11.2 Å². The molecular formula is C16H20O2. The maximum atomic E-state index is 10.4. The number of phenols is 1. The number of hydrogen-bond acceptors (Lipinski definition) is 2. The Morgan fingerprint density at radius 3 is 2.67 bits per heavy atom. The maximum Gasteiger partial charge on any atom is 0.120 e. The highest BCUT2D eigenvalue weighted by Crippen LogP contribution is 2.22. The predicted octanol–water partition coefficient (Wildman–Crippen LogP) is 3.75. The molecule has 0 amide bonds. The van der Waals surface area contributed by atoms with Crippen LogP contribution in [0.1, 0.15) is 30.4 Å². The molecule has 2 heteroatoms. The van der Waals surface area contributed by atoms with Gasteiger partial charge in [-0.1, -0.05) is 24.8 Å². The Balaban J connectivity index is 2.66. The molecule has 0 saturated carbocycles. The molecule has 1 aromatic carbocycles. The van der Waals surface area contributed by atoms with Gasteiger partial charge in [-0.05, 0) is 48.4 Å². The molecule has 1 aromatic rings. The smallest absolute Gasteiger partial charge is 0.120 e. The number of phenolic OH excluding ortho intramolecular Hbond substituents is 1. The van der Waals surface area contributed by atoms with E-state index >= 15 is 0 Å². The summed E-state index contributed by atoms with van der Waals surface area (Å²) >= 11 is 0. The first-order valence-corrected chi connectivity index (χ1v) is 6.21. The van der Waals surface area contributed by atoms with Crippen LogP contribution in [0.15, 0.2) is 37.4 Å². The summed E-state index contributed by atoms with van der Waals surface area (Å²) in [5, 5.41) is 9.50. The van der Waals surface area contributed by atoms with Gasteiger partial charge in [0.2, 0.25) is 0 Å². The molecule has 1 atom stereocenters. The van der Waals surface area contributed by atoms with E-state index in [1.165, 1.54) is 0 Å². The molecule has 0 spiro atoms. The molecule has 96 valence electrons. The number of rotatable bonds is 8. The quantitative estimate of drug-likeness (QED) is 0.558. The molecule has 1 unspecified atom stereocenters. The summed E-state index contributed by atoms with van der Waals surface area (Å²) in [6.45, 7) is 7.57. The minimum Gasteiger partial charge on any atom is -0.508 e. The van der Waals surface area contributed by atoms with E-state index in [4.69, 9.17) is 0 Å². The first-order valence-electron chi connectivity index (χ1n) is 6.21. The number of benzene rings is 1. The largest absolute Gasteiger partial charge is 0.508 e. The van der Waals surface area contributed by atoms with E-state index in [1.807, 2.05) is 12.1 Å². The molecule has 0 bridgehead atoms. The zero-order valence-corrected chi connectivity index (χ0v) is 10.6. The normalized spacial score (nSPS) is 11.8. The van der Waals surface area contributed by atoms with Crippen LogP contribution >= 0.6 is 0 Å². The molecule has 0 aromatic heterocycles. The van der Waals surface area contributed by atoms with Crippen molar-refractivity contribution in [3.05, 3.63) is 48.6 Å². The van der Waals surface area contributed by atoms with E-state index in [1.54, 1.807) is 18.2 Å². The molecule has 0 aliphatic carbocycles. The standard InChI is InChI=1S/C16H20O2/c1-3-13(6-5-11-17)7-8-15-12-16(18)10-9-14(15)4-2/h3-4,9-13,18H,1-2,5-8H2. The van der Waals surface area contributed by atoms with Crippen molar-refractivity contribution in [2.24, 2.45) is 5.92 Å². The van der Waals surface area contributed by atoms with Gasteiger partial charge in [0.05, 0.1) is 0 Å². The molecule has 1 rings (SSSR count). The predicted molar refractivity (Wildman–Crippen MR) is 75.5 cm³/mol. The van der Waals surface area contributed by atoms with Gasteiger partial charge in [0.15, 0.2) is 0 Å². The highest BCUT2D eigenvalue weighted by Gasteiger charge is 2.07. The molecule has 0 aliphatic heterocycles. The summed E-state index contributed by atoms with van der Waals surface area (Å²) in [4.78, 5) is 10.4. The molecule has 0 saturated heterocycles. The second-order valence-electron chi connectivity index (χ2n) is 4.37. The van der Waals surface area contributed by atoms with Gasteiger partial charge in [-0.3, -0.25) is 0 Å². The number of carbonyl (C=O) groups excluding carboxylic acids is 1. The van der Waals surface area contributed by atoms with E-state index in [0.29, 0.717) is 12.3 Å². The van der Waals surface area contributed by atoms with E-state index in [0.717, 1.165) is 36.7 Å². The third-order valence-electron chi connectivity index (χ3n) is 3.12. The SMILES string of the molecule is C=Cc1ccc(O)cc1CCC(C=C)CCC=O. The van der Waals surface area contributed by atoms with E-state index in [-0.39, 0.29) is 5.75 Å². The molecule has 18 heavy (non-hydrogen) atoms. The van der Waals surface area contributed by atoms with Gasteiger partial charge in [-0.15, -0.1) is 6.58 Å². The average Bonchev–Trinajstić information content (AvgIpc) is 2.39. The summed E-state index contributed by atoms with van der Waals surface area (Å²) in [6, 6.07) is 5.31. The molecule has 0 radical (unpaired) electrons. The number of aryl methyl sites for hydroxylation is 1. The fourth-order valence-corrected chi connectivity index (χ4v) is 2.01. The van der Waals surface area contributed by atoms with Gasteiger partial charge in [0.25, 0.3) is 0 Å². The van der Waals surface area contributed by atoms with Crippen LogP contribution in [0.25, 0.3) is 6.08 Å². The number of hydrogen-bond donors (Lipinski definition) is 1. The van der Waals surface area contributed by atoms with Crippen LogP contribution in [-0.4, -0.2) is 11.4 Å². The number of aldehydes is 1. The molecule has 0 heterocycles. The monoisotopic (exact) mass is 244 g/mol. The number of carbonyl (C=O) groups is 1. The minimum atomic E-state index is 0.277. The van der Waals surface area contributed by atoms with Crippen molar-refractivity contribution in [3.63, 3.8) is 0 Å². The van der Waals surface area contributed by atoms with Gasteiger partial charge in [0, 0.05) is 6.42 Å². The Morgan fingerprint density at radius 1 is 1.28 bits per heavy atom. The highest BCUT2D eigenvalue weighted by atomic mass is 16.3. The lowest BCUT2D eigenvalue weighted by Crippen LogP contribution is -2.00. The topological polar surface area (TPSA) is 37.3 Å². The fraction of sp³-hybridized carbons (Fsp3) is 0.312. The summed E-state index contributed by atoms with van der Waals surface area (Å²) in [7, 11) is 0. The van der Waals surface area contributed by atoms with Crippen molar-refractivity contribution in [2.75, 3.05) is 0 Å². The zero-order valence-electron chi connectivity index (χ0n) is 10.6. The lowest BCUT2D eigenvalue weighted by Gasteiger charge is -2.12. The molecule has 2 nitrogen and oxygen atoms in total. The van der Waals surface area contributed by atoms with E-state index in [2.05, 4.69) is 13.2 Å². The van der Waals surface area contributed by atoms with Crippen LogP contribution in [0.2, 0.25) is 0 Å². The second kappa shape index (κ2) is 7.49. The average molecular weight is 244 g/mol. The molecular weight excluding hydrogens is 224 g/mol. The Bertz CT molecular complexity index is 421. The third-order valence-corrected chi connectivity index (χ3v) is 3.12. The number of allylic oxidation sites excluding steroid dienone is 1. The van der Waals surface area contributed by atoms with Crippen LogP contribution < -0.4 is 0 Å². The van der Waals surface area contributed by atoms with Crippen molar-refractivity contribution in [1.29, 1.82) is 0 Å². The Labute approximate surface area is 109 Å². The maximum absolute atomic E-state index is 10.4. The Morgan fingerprint density at radius 2 is 2.06 bits per heavy atom. The molecule has 1 N–H and O–H groups in total. The third kappa shape index (κ3) is 4.21. The Kier molecular flexibility index (Phi) is 5.92. The van der Waals surface area contributed by atoms with Gasteiger partial charge >= 0.3 is 0 Å². The molecule has 0 fully saturated rings. The van der Waals surface area contributed by atoms with Gasteiger partial charge < -0.3 is 9.90 Å². The van der Waals surface area contributed by atoms with Crippen molar-refractivity contribution in [1.82, 2.24) is 0 Å². The van der Waals surface area contributed by atoms with Crippen LogP contribution in [0.4, 0.5) is 0 Å².